The molecule has 2 heteroatoms. The van der Waals surface area contributed by atoms with Crippen LogP contribution in [0.3, 0.4) is 0 Å². The Morgan fingerprint density at radius 3 is 1.48 bits per heavy atom. The van der Waals surface area contributed by atoms with Crippen LogP contribution >= 0.6 is 0 Å². The van der Waals surface area contributed by atoms with Crippen LogP contribution in [0.15, 0.2) is 241 Å². The zero-order valence-electron chi connectivity index (χ0n) is 33.9. The number of nitrogens with zero attached hydrogens (tertiary/aromatic N) is 1. The Kier molecular flexibility index (Phi) is 8.53. The third-order valence-electron chi connectivity index (χ3n) is 12.4. The Morgan fingerprint density at radius 2 is 0.726 bits per heavy atom. The minimum Gasteiger partial charge on any atom is -0.456 e. The highest BCUT2D eigenvalue weighted by Crippen LogP contribution is 2.42. The highest BCUT2D eigenvalue weighted by Gasteiger charge is 2.18. The third kappa shape index (κ3) is 6.29. The van der Waals surface area contributed by atoms with Crippen molar-refractivity contribution in [2.24, 2.45) is 0 Å². The van der Waals surface area contributed by atoms with E-state index in [1.54, 1.807) is 0 Å². The van der Waals surface area contributed by atoms with Gasteiger partial charge in [0.05, 0.1) is 0 Å². The van der Waals surface area contributed by atoms with E-state index >= 15 is 0 Å². The molecule has 0 atom stereocenters. The van der Waals surface area contributed by atoms with Crippen LogP contribution in [0.2, 0.25) is 0 Å². The van der Waals surface area contributed by atoms with Crippen molar-refractivity contribution in [2.75, 3.05) is 4.90 Å². The molecule has 0 aliphatic heterocycles. The van der Waals surface area contributed by atoms with Gasteiger partial charge in [-0.25, -0.2) is 0 Å². The summed E-state index contributed by atoms with van der Waals surface area (Å²) in [6, 6.07) is 85.6. The SMILES string of the molecule is c1cc(-c2ccc(-c3ccc4c(ccc5ccccc54)c3)cc2)cc(N(c2cccc(-c3ccc4ccccc4c3)c2)c2cccc(-c3cccc4oc5ccccc5c34)c2)c1. The smallest absolute Gasteiger partial charge is 0.136 e. The number of fused-ring (bicyclic) bond motifs is 7. The van der Waals surface area contributed by atoms with Crippen molar-refractivity contribution in [1.29, 1.82) is 0 Å². The van der Waals surface area contributed by atoms with E-state index in [9.17, 15) is 0 Å². The lowest BCUT2D eigenvalue weighted by atomic mass is 9.96. The third-order valence-corrected chi connectivity index (χ3v) is 12.4. The van der Waals surface area contributed by atoms with Crippen molar-refractivity contribution in [2.45, 2.75) is 0 Å². The van der Waals surface area contributed by atoms with Gasteiger partial charge in [-0.1, -0.05) is 176 Å². The first-order chi connectivity index (χ1) is 30.7. The predicted octanol–water partition coefficient (Wildman–Crippen LogP) is 17.2. The van der Waals surface area contributed by atoms with Gasteiger partial charge in [-0.05, 0) is 137 Å². The van der Waals surface area contributed by atoms with Crippen LogP contribution in [0, 0.1) is 0 Å². The summed E-state index contributed by atoms with van der Waals surface area (Å²) in [5.41, 5.74) is 14.4. The van der Waals surface area contributed by atoms with E-state index in [-0.39, 0.29) is 0 Å². The second kappa shape index (κ2) is 14.8. The van der Waals surface area contributed by atoms with Gasteiger partial charge in [0.2, 0.25) is 0 Å². The molecule has 0 aliphatic carbocycles. The van der Waals surface area contributed by atoms with Gasteiger partial charge in [0, 0.05) is 27.8 Å². The molecule has 1 aromatic heterocycles. The lowest BCUT2D eigenvalue weighted by molar-refractivity contribution is 0.669. The zero-order valence-corrected chi connectivity index (χ0v) is 33.9. The van der Waals surface area contributed by atoms with Crippen LogP contribution in [0.4, 0.5) is 17.1 Å². The highest BCUT2D eigenvalue weighted by molar-refractivity contribution is 6.13. The van der Waals surface area contributed by atoms with E-state index in [4.69, 9.17) is 4.42 Å². The molecule has 0 amide bonds. The highest BCUT2D eigenvalue weighted by atomic mass is 16.3. The monoisotopic (exact) mass is 789 g/mol. The number of anilines is 3. The Bertz CT molecular complexity index is 3650. The average Bonchev–Trinajstić information content (AvgIpc) is 3.73. The molecule has 0 N–H and O–H groups in total. The fourth-order valence-corrected chi connectivity index (χ4v) is 9.34. The maximum Gasteiger partial charge on any atom is 0.136 e. The van der Waals surface area contributed by atoms with Crippen molar-refractivity contribution >= 4 is 71.3 Å². The number of rotatable bonds is 7. The van der Waals surface area contributed by atoms with E-state index in [0.717, 1.165) is 61.3 Å². The molecule has 0 unspecified atom stereocenters. The molecule has 0 bridgehead atoms. The summed E-state index contributed by atoms with van der Waals surface area (Å²) < 4.78 is 6.32. The molecule has 0 fully saturated rings. The standard InChI is InChI=1S/C60H39NO/c1-2-13-44-35-48(31-29-40(44)11-1)46-15-8-18-52(38-46)61(53-19-9-16-49(39-53)56-22-10-24-59-60(56)57-21-5-6-23-58(57)62-59)51-17-7-14-45(37-51)41-25-27-42(28-26-41)47-33-34-55-50(36-47)32-30-43-12-3-4-20-54(43)55/h1-39H. The van der Waals surface area contributed by atoms with Crippen LogP contribution in [0.5, 0.6) is 0 Å². The predicted molar refractivity (Wildman–Crippen MR) is 263 cm³/mol. The number of hydrogen-bond acceptors (Lipinski definition) is 2. The van der Waals surface area contributed by atoms with Gasteiger partial charge in [-0.2, -0.15) is 0 Å². The first kappa shape index (κ1) is 35.7. The molecule has 62 heavy (non-hydrogen) atoms. The first-order valence-corrected chi connectivity index (χ1v) is 21.2. The molecular formula is C60H39NO. The quantitative estimate of drug-likeness (QED) is 0.150. The van der Waals surface area contributed by atoms with Gasteiger partial charge in [0.15, 0.2) is 0 Å². The summed E-state index contributed by atoms with van der Waals surface area (Å²) in [7, 11) is 0. The molecule has 1 heterocycles. The summed E-state index contributed by atoms with van der Waals surface area (Å²) >= 11 is 0. The van der Waals surface area contributed by atoms with Gasteiger partial charge in [-0.15, -0.1) is 0 Å². The van der Waals surface area contributed by atoms with Crippen molar-refractivity contribution < 1.29 is 4.42 Å². The minimum absolute atomic E-state index is 0.891. The Morgan fingerprint density at radius 1 is 0.258 bits per heavy atom. The van der Waals surface area contributed by atoms with Gasteiger partial charge in [-0.3, -0.25) is 0 Å². The Balaban J connectivity index is 0.954. The summed E-state index contributed by atoms with van der Waals surface area (Å²) in [6.07, 6.45) is 0. The van der Waals surface area contributed by atoms with Crippen LogP contribution in [0.25, 0.3) is 98.8 Å². The fraction of sp³-hybridized carbons (Fsp3) is 0. The number of furan rings is 1. The van der Waals surface area contributed by atoms with Crippen LogP contribution in [-0.4, -0.2) is 0 Å². The molecule has 0 aliphatic rings. The molecule has 0 spiro atoms. The van der Waals surface area contributed by atoms with Crippen LogP contribution in [-0.2, 0) is 0 Å². The fourth-order valence-electron chi connectivity index (χ4n) is 9.34. The maximum absolute atomic E-state index is 6.32. The van der Waals surface area contributed by atoms with Gasteiger partial charge in [0.1, 0.15) is 11.2 Å². The van der Waals surface area contributed by atoms with E-state index in [1.165, 1.54) is 54.6 Å². The topological polar surface area (TPSA) is 16.4 Å². The van der Waals surface area contributed by atoms with Gasteiger partial charge < -0.3 is 9.32 Å². The number of hydrogen-bond donors (Lipinski definition) is 0. The van der Waals surface area contributed by atoms with Gasteiger partial charge >= 0.3 is 0 Å². The van der Waals surface area contributed by atoms with Crippen LogP contribution < -0.4 is 4.90 Å². The Hall–Kier alpha value is -8.20. The summed E-state index contributed by atoms with van der Waals surface area (Å²) in [6.45, 7) is 0. The normalized spacial score (nSPS) is 11.5. The summed E-state index contributed by atoms with van der Waals surface area (Å²) in [4.78, 5) is 2.39. The molecule has 11 aromatic carbocycles. The maximum atomic E-state index is 6.32. The second-order valence-electron chi connectivity index (χ2n) is 16.1. The van der Waals surface area contributed by atoms with Crippen molar-refractivity contribution in [1.82, 2.24) is 0 Å². The molecular weight excluding hydrogens is 751 g/mol. The Labute approximate surface area is 360 Å². The van der Waals surface area contributed by atoms with Crippen LogP contribution in [0.1, 0.15) is 0 Å². The van der Waals surface area contributed by atoms with Gasteiger partial charge in [0.25, 0.3) is 0 Å². The number of para-hydroxylation sites is 1. The summed E-state index contributed by atoms with van der Waals surface area (Å²) in [5.74, 6) is 0. The molecule has 12 rings (SSSR count). The lowest BCUT2D eigenvalue weighted by Gasteiger charge is -2.27. The van der Waals surface area contributed by atoms with E-state index < -0.39 is 0 Å². The molecule has 12 aromatic rings. The van der Waals surface area contributed by atoms with Crippen molar-refractivity contribution in [3.05, 3.63) is 237 Å². The number of benzene rings is 11. The molecule has 0 saturated heterocycles. The largest absolute Gasteiger partial charge is 0.456 e. The van der Waals surface area contributed by atoms with Crippen molar-refractivity contribution in [3.63, 3.8) is 0 Å². The minimum atomic E-state index is 0.891. The van der Waals surface area contributed by atoms with E-state index in [2.05, 4.69) is 229 Å². The molecule has 0 radical (unpaired) electrons. The second-order valence-corrected chi connectivity index (χ2v) is 16.1. The zero-order chi connectivity index (χ0) is 41.0. The lowest BCUT2D eigenvalue weighted by Crippen LogP contribution is -2.10. The van der Waals surface area contributed by atoms with E-state index in [0.29, 0.717) is 0 Å². The van der Waals surface area contributed by atoms with Crippen molar-refractivity contribution in [3.8, 4) is 44.5 Å². The first-order valence-electron chi connectivity index (χ1n) is 21.2. The summed E-state index contributed by atoms with van der Waals surface area (Å²) in [5, 5.41) is 9.81. The molecule has 2 nitrogen and oxygen atoms in total. The molecule has 0 saturated carbocycles. The molecule has 290 valence electrons. The average molecular weight is 790 g/mol. The van der Waals surface area contributed by atoms with E-state index in [1.807, 2.05) is 12.1 Å².